The van der Waals surface area contributed by atoms with Gasteiger partial charge < -0.3 is 15.0 Å². The first-order valence-electron chi connectivity index (χ1n) is 8.66. The maximum atomic E-state index is 12.7. The Labute approximate surface area is 157 Å². The lowest BCUT2D eigenvalue weighted by Crippen LogP contribution is -2.52. The summed E-state index contributed by atoms with van der Waals surface area (Å²) in [4.78, 5) is 26.7. The maximum absolute atomic E-state index is 12.7. The van der Waals surface area contributed by atoms with Gasteiger partial charge in [0.15, 0.2) is 0 Å². The number of benzene rings is 2. The van der Waals surface area contributed by atoms with Gasteiger partial charge in [-0.05, 0) is 24.6 Å². The Kier molecular flexibility index (Phi) is 6.12. The average Bonchev–Trinajstić information content (AvgIpc) is 2.66. The first-order chi connectivity index (χ1) is 12.7. The summed E-state index contributed by atoms with van der Waals surface area (Å²) < 4.78 is 5.62. The van der Waals surface area contributed by atoms with Crippen LogP contribution in [-0.4, -0.2) is 36.4 Å². The molecule has 3 rings (SSSR count). The largest absolute Gasteiger partial charge is 0.494 e. The lowest BCUT2D eigenvalue weighted by molar-refractivity contribution is -0.143. The second kappa shape index (κ2) is 8.72. The highest BCUT2D eigenvalue weighted by Gasteiger charge is 2.35. The van der Waals surface area contributed by atoms with Crippen LogP contribution in [0.15, 0.2) is 54.6 Å². The van der Waals surface area contributed by atoms with E-state index < -0.39 is 6.04 Å². The van der Waals surface area contributed by atoms with Crippen LogP contribution in [0.5, 0.6) is 5.75 Å². The van der Waals surface area contributed by atoms with Gasteiger partial charge in [-0.15, -0.1) is 0 Å². The quantitative estimate of drug-likeness (QED) is 0.792. The minimum Gasteiger partial charge on any atom is -0.494 e. The molecular formula is C20H21ClN2O3. The monoisotopic (exact) mass is 372 g/mol. The summed E-state index contributed by atoms with van der Waals surface area (Å²) in [6.07, 6.45) is 0.905. The van der Waals surface area contributed by atoms with E-state index in [1.54, 1.807) is 23.1 Å². The molecule has 0 radical (unpaired) electrons. The van der Waals surface area contributed by atoms with E-state index in [9.17, 15) is 9.59 Å². The molecule has 2 amide bonds. The Hall–Kier alpha value is -2.53. The van der Waals surface area contributed by atoms with Crippen molar-refractivity contribution in [3.63, 3.8) is 0 Å². The molecule has 6 heteroatoms. The zero-order valence-corrected chi connectivity index (χ0v) is 15.1. The number of hydrogen-bond acceptors (Lipinski definition) is 3. The molecular weight excluding hydrogens is 352 g/mol. The summed E-state index contributed by atoms with van der Waals surface area (Å²) >= 11 is 6.25. The first kappa shape index (κ1) is 18.3. The van der Waals surface area contributed by atoms with Gasteiger partial charge in [-0.3, -0.25) is 9.59 Å². The number of ether oxygens (including phenoxy) is 1. The van der Waals surface area contributed by atoms with Crippen molar-refractivity contribution in [2.24, 2.45) is 0 Å². The fourth-order valence-electron chi connectivity index (χ4n) is 3.02. The molecule has 0 aromatic heterocycles. The SMILES string of the molecule is O=C1NCCN(C(=O)CCCOc2ccccc2)C1c1ccccc1Cl. The molecule has 1 saturated heterocycles. The highest BCUT2D eigenvalue weighted by molar-refractivity contribution is 6.31. The van der Waals surface area contributed by atoms with Crippen molar-refractivity contribution in [2.75, 3.05) is 19.7 Å². The molecule has 1 N–H and O–H groups in total. The smallest absolute Gasteiger partial charge is 0.247 e. The van der Waals surface area contributed by atoms with Crippen LogP contribution >= 0.6 is 11.6 Å². The number of nitrogens with zero attached hydrogens (tertiary/aromatic N) is 1. The molecule has 1 unspecified atom stereocenters. The Morgan fingerprint density at radius 1 is 1.15 bits per heavy atom. The standard InChI is InChI=1S/C20H21ClN2O3/c21-17-10-5-4-9-16(17)19-20(25)22-12-13-23(19)18(24)11-6-14-26-15-7-2-1-3-8-15/h1-5,7-10,19H,6,11-14H2,(H,22,25). The molecule has 2 aromatic carbocycles. The predicted molar refractivity (Wildman–Crippen MR) is 100 cm³/mol. The van der Waals surface area contributed by atoms with Crippen LogP contribution in [0.4, 0.5) is 0 Å². The van der Waals surface area contributed by atoms with E-state index in [0.717, 1.165) is 5.75 Å². The van der Waals surface area contributed by atoms with E-state index >= 15 is 0 Å². The van der Waals surface area contributed by atoms with Gasteiger partial charge in [0.1, 0.15) is 11.8 Å². The average molecular weight is 373 g/mol. The van der Waals surface area contributed by atoms with Crippen molar-refractivity contribution in [2.45, 2.75) is 18.9 Å². The summed E-state index contributed by atoms with van der Waals surface area (Å²) in [7, 11) is 0. The lowest BCUT2D eigenvalue weighted by atomic mass is 10.0. The van der Waals surface area contributed by atoms with Gasteiger partial charge in [0, 0.05) is 30.1 Å². The fourth-order valence-corrected chi connectivity index (χ4v) is 3.25. The van der Waals surface area contributed by atoms with Crippen molar-refractivity contribution in [1.82, 2.24) is 10.2 Å². The van der Waals surface area contributed by atoms with Crippen LogP contribution in [0.3, 0.4) is 0 Å². The number of carbonyl (C=O) groups is 2. The number of carbonyl (C=O) groups excluding carboxylic acids is 2. The van der Waals surface area contributed by atoms with Gasteiger partial charge in [0.25, 0.3) is 0 Å². The molecule has 2 aromatic rings. The van der Waals surface area contributed by atoms with Crippen LogP contribution in [0.1, 0.15) is 24.4 Å². The molecule has 1 atom stereocenters. The van der Waals surface area contributed by atoms with Gasteiger partial charge in [0.2, 0.25) is 11.8 Å². The van der Waals surface area contributed by atoms with Gasteiger partial charge in [0.05, 0.1) is 6.61 Å². The summed E-state index contributed by atoms with van der Waals surface area (Å²) in [5.74, 6) is 0.519. The zero-order valence-electron chi connectivity index (χ0n) is 14.4. The molecule has 1 aliphatic rings. The van der Waals surface area contributed by atoms with Gasteiger partial charge in [-0.25, -0.2) is 0 Å². The molecule has 5 nitrogen and oxygen atoms in total. The van der Waals surface area contributed by atoms with E-state index in [0.29, 0.717) is 43.1 Å². The van der Waals surface area contributed by atoms with Gasteiger partial charge >= 0.3 is 0 Å². The van der Waals surface area contributed by atoms with Crippen molar-refractivity contribution in [3.05, 3.63) is 65.2 Å². The summed E-state index contributed by atoms with van der Waals surface area (Å²) in [6.45, 7) is 1.37. The minimum absolute atomic E-state index is 0.0681. The summed E-state index contributed by atoms with van der Waals surface area (Å²) in [6, 6.07) is 16.0. The molecule has 136 valence electrons. The van der Waals surface area contributed by atoms with E-state index in [2.05, 4.69) is 5.32 Å². The van der Waals surface area contributed by atoms with Gasteiger partial charge in [-0.1, -0.05) is 48.0 Å². The lowest BCUT2D eigenvalue weighted by Gasteiger charge is -2.35. The van der Waals surface area contributed by atoms with Crippen molar-refractivity contribution in [1.29, 1.82) is 0 Å². The number of hydrogen-bond donors (Lipinski definition) is 1. The minimum atomic E-state index is -0.681. The number of rotatable bonds is 6. The van der Waals surface area contributed by atoms with Crippen molar-refractivity contribution < 1.29 is 14.3 Å². The topological polar surface area (TPSA) is 58.6 Å². The van der Waals surface area contributed by atoms with Crippen LogP contribution < -0.4 is 10.1 Å². The van der Waals surface area contributed by atoms with E-state index in [-0.39, 0.29) is 11.8 Å². The highest BCUT2D eigenvalue weighted by atomic mass is 35.5. The molecule has 26 heavy (non-hydrogen) atoms. The normalized spacial score (nSPS) is 16.9. The third-order valence-electron chi connectivity index (χ3n) is 4.28. The molecule has 0 bridgehead atoms. The third-order valence-corrected chi connectivity index (χ3v) is 4.62. The zero-order chi connectivity index (χ0) is 18.4. The molecule has 1 fully saturated rings. The third kappa shape index (κ3) is 4.35. The van der Waals surface area contributed by atoms with E-state index in [4.69, 9.17) is 16.3 Å². The van der Waals surface area contributed by atoms with Crippen LogP contribution in [0, 0.1) is 0 Å². The predicted octanol–water partition coefficient (Wildman–Crippen LogP) is 3.20. The molecule has 1 aliphatic heterocycles. The first-order valence-corrected chi connectivity index (χ1v) is 9.04. The van der Waals surface area contributed by atoms with Crippen molar-refractivity contribution >= 4 is 23.4 Å². The fraction of sp³-hybridized carbons (Fsp3) is 0.300. The summed E-state index contributed by atoms with van der Waals surface area (Å²) in [5.41, 5.74) is 0.653. The Bertz CT molecular complexity index is 767. The molecule has 0 aliphatic carbocycles. The Morgan fingerprint density at radius 2 is 1.88 bits per heavy atom. The van der Waals surface area contributed by atoms with E-state index in [1.807, 2.05) is 36.4 Å². The number of para-hydroxylation sites is 1. The van der Waals surface area contributed by atoms with Crippen LogP contribution in [0.2, 0.25) is 5.02 Å². The van der Waals surface area contributed by atoms with Crippen LogP contribution in [0.25, 0.3) is 0 Å². The molecule has 0 saturated carbocycles. The Balaban J connectivity index is 1.61. The molecule has 0 spiro atoms. The van der Waals surface area contributed by atoms with E-state index in [1.165, 1.54) is 0 Å². The highest BCUT2D eigenvalue weighted by Crippen LogP contribution is 2.29. The number of nitrogens with one attached hydrogen (secondary N) is 1. The number of halogens is 1. The maximum Gasteiger partial charge on any atom is 0.247 e. The second-order valence-corrected chi connectivity index (χ2v) is 6.47. The molecule has 1 heterocycles. The van der Waals surface area contributed by atoms with Crippen LogP contribution in [-0.2, 0) is 9.59 Å². The summed E-state index contributed by atoms with van der Waals surface area (Å²) in [5, 5.41) is 3.30. The van der Waals surface area contributed by atoms with Gasteiger partial charge in [-0.2, -0.15) is 0 Å². The Morgan fingerprint density at radius 3 is 2.65 bits per heavy atom. The number of amides is 2. The van der Waals surface area contributed by atoms with Crippen molar-refractivity contribution in [3.8, 4) is 5.75 Å². The number of piperazine rings is 1. The second-order valence-electron chi connectivity index (χ2n) is 6.07.